The zero-order valence-electron chi connectivity index (χ0n) is 19.7. The number of carbonyl (C=O) groups excluding carboxylic acids is 2. The van der Waals surface area contributed by atoms with Crippen LogP contribution in [0.15, 0.2) is 77.5 Å². The molecule has 2 aromatic carbocycles. The SMILES string of the molecule is COC(=O)C1=C(C)N(Cc2ccc(C)cc2)C(=O)/C1=C/c1cc(C)n(-c2ccccc2)c1C. The van der Waals surface area contributed by atoms with E-state index in [1.165, 1.54) is 7.11 Å². The minimum atomic E-state index is -0.504. The quantitative estimate of drug-likeness (QED) is 0.401. The highest BCUT2D eigenvalue weighted by molar-refractivity contribution is 6.16. The van der Waals surface area contributed by atoms with Gasteiger partial charge in [0.05, 0.1) is 24.8 Å². The summed E-state index contributed by atoms with van der Waals surface area (Å²) < 4.78 is 7.19. The normalized spacial score (nSPS) is 15.0. The minimum Gasteiger partial charge on any atom is -0.465 e. The zero-order chi connectivity index (χ0) is 23.7. The Labute approximate surface area is 194 Å². The number of carbonyl (C=O) groups is 2. The Balaban J connectivity index is 1.77. The Kier molecular flexibility index (Phi) is 6.05. The first kappa shape index (κ1) is 22.3. The lowest BCUT2D eigenvalue weighted by Crippen LogP contribution is -2.24. The molecule has 1 amide bonds. The molecule has 1 aliphatic rings. The zero-order valence-corrected chi connectivity index (χ0v) is 19.7. The van der Waals surface area contributed by atoms with E-state index in [4.69, 9.17) is 4.74 Å². The number of ether oxygens (including phenoxy) is 1. The molecular weight excluding hydrogens is 412 g/mol. The fraction of sp³-hybridized carbons (Fsp3) is 0.214. The number of aromatic nitrogens is 1. The Morgan fingerprint density at radius 2 is 1.64 bits per heavy atom. The Morgan fingerprint density at radius 3 is 2.27 bits per heavy atom. The topological polar surface area (TPSA) is 51.5 Å². The van der Waals surface area contributed by atoms with Gasteiger partial charge in [-0.25, -0.2) is 4.79 Å². The van der Waals surface area contributed by atoms with Crippen LogP contribution in [-0.2, 0) is 20.9 Å². The molecule has 3 aromatic rings. The first-order valence-corrected chi connectivity index (χ1v) is 10.9. The van der Waals surface area contributed by atoms with E-state index in [9.17, 15) is 9.59 Å². The maximum absolute atomic E-state index is 13.5. The fourth-order valence-electron chi connectivity index (χ4n) is 4.36. The summed E-state index contributed by atoms with van der Waals surface area (Å²) in [6, 6.07) is 20.2. The monoisotopic (exact) mass is 440 g/mol. The van der Waals surface area contributed by atoms with Crippen LogP contribution >= 0.6 is 0 Å². The third-order valence-electron chi connectivity index (χ3n) is 6.15. The molecule has 0 unspecified atom stereocenters. The molecule has 0 atom stereocenters. The summed E-state index contributed by atoms with van der Waals surface area (Å²) in [7, 11) is 1.34. The van der Waals surface area contributed by atoms with Crippen LogP contribution in [0, 0.1) is 20.8 Å². The Hall–Kier alpha value is -3.86. The summed E-state index contributed by atoms with van der Waals surface area (Å²) in [6.07, 6.45) is 1.81. The molecule has 1 aromatic heterocycles. The number of aryl methyl sites for hydroxylation is 2. The molecule has 1 aliphatic heterocycles. The highest BCUT2D eigenvalue weighted by Gasteiger charge is 2.37. The van der Waals surface area contributed by atoms with Gasteiger partial charge in [0.2, 0.25) is 0 Å². The Morgan fingerprint density at radius 1 is 0.970 bits per heavy atom. The van der Waals surface area contributed by atoms with Crippen LogP contribution in [0.3, 0.4) is 0 Å². The van der Waals surface area contributed by atoms with Gasteiger partial charge in [-0.15, -0.1) is 0 Å². The maximum atomic E-state index is 13.5. The second-order valence-corrected chi connectivity index (χ2v) is 8.38. The number of amides is 1. The van der Waals surface area contributed by atoms with Gasteiger partial charge in [-0.05, 0) is 63.1 Å². The summed E-state index contributed by atoms with van der Waals surface area (Å²) in [6.45, 7) is 8.27. The number of benzene rings is 2. The highest BCUT2D eigenvalue weighted by Crippen LogP contribution is 2.34. The molecule has 0 saturated carbocycles. The van der Waals surface area contributed by atoms with Crippen molar-refractivity contribution >= 4 is 18.0 Å². The molecule has 0 bridgehead atoms. The van der Waals surface area contributed by atoms with Gasteiger partial charge < -0.3 is 14.2 Å². The number of allylic oxidation sites excluding steroid dienone is 1. The highest BCUT2D eigenvalue weighted by atomic mass is 16.5. The summed E-state index contributed by atoms with van der Waals surface area (Å²) in [5.74, 6) is -0.701. The first-order chi connectivity index (χ1) is 15.8. The molecule has 5 heteroatoms. The summed E-state index contributed by atoms with van der Waals surface area (Å²) >= 11 is 0. The summed E-state index contributed by atoms with van der Waals surface area (Å²) in [5, 5.41) is 0. The molecule has 33 heavy (non-hydrogen) atoms. The second kappa shape index (κ2) is 8.94. The van der Waals surface area contributed by atoms with E-state index in [-0.39, 0.29) is 5.91 Å². The summed E-state index contributed by atoms with van der Waals surface area (Å²) in [5.41, 5.74) is 7.44. The molecule has 0 saturated heterocycles. The van der Waals surface area contributed by atoms with Crippen molar-refractivity contribution < 1.29 is 14.3 Å². The summed E-state index contributed by atoms with van der Waals surface area (Å²) in [4.78, 5) is 27.8. The predicted molar refractivity (Wildman–Crippen MR) is 130 cm³/mol. The molecule has 0 aliphatic carbocycles. The lowest BCUT2D eigenvalue weighted by Gasteiger charge is -2.18. The van der Waals surface area contributed by atoms with Gasteiger partial charge in [-0.3, -0.25) is 4.79 Å². The molecule has 4 rings (SSSR count). The van der Waals surface area contributed by atoms with Crippen LogP contribution < -0.4 is 0 Å². The minimum absolute atomic E-state index is 0.196. The van der Waals surface area contributed by atoms with Crippen LogP contribution in [0.5, 0.6) is 0 Å². The number of esters is 1. The van der Waals surface area contributed by atoms with E-state index < -0.39 is 5.97 Å². The average Bonchev–Trinajstić information content (AvgIpc) is 3.22. The average molecular weight is 441 g/mol. The van der Waals surface area contributed by atoms with Crippen LogP contribution in [0.25, 0.3) is 11.8 Å². The smallest absolute Gasteiger partial charge is 0.340 e. The number of hydrogen-bond acceptors (Lipinski definition) is 3. The van der Waals surface area contributed by atoms with Crippen molar-refractivity contribution in [1.82, 2.24) is 9.47 Å². The van der Waals surface area contributed by atoms with Gasteiger partial charge in [-0.1, -0.05) is 48.0 Å². The lowest BCUT2D eigenvalue weighted by molar-refractivity contribution is -0.136. The van der Waals surface area contributed by atoms with Gasteiger partial charge in [0.1, 0.15) is 0 Å². The van der Waals surface area contributed by atoms with Crippen molar-refractivity contribution in [3.8, 4) is 5.69 Å². The van der Waals surface area contributed by atoms with Crippen molar-refractivity contribution in [2.45, 2.75) is 34.2 Å². The molecule has 0 fully saturated rings. The number of nitrogens with zero attached hydrogens (tertiary/aromatic N) is 2. The third-order valence-corrected chi connectivity index (χ3v) is 6.15. The van der Waals surface area contributed by atoms with Gasteiger partial charge in [-0.2, -0.15) is 0 Å². The number of rotatable bonds is 5. The molecule has 2 heterocycles. The van der Waals surface area contributed by atoms with E-state index >= 15 is 0 Å². The number of para-hydroxylation sites is 1. The van der Waals surface area contributed by atoms with Gasteiger partial charge in [0.15, 0.2) is 0 Å². The van der Waals surface area contributed by atoms with Gasteiger partial charge in [0.25, 0.3) is 5.91 Å². The van der Waals surface area contributed by atoms with Crippen molar-refractivity contribution in [2.24, 2.45) is 0 Å². The van der Waals surface area contributed by atoms with Crippen molar-refractivity contribution in [3.63, 3.8) is 0 Å². The van der Waals surface area contributed by atoms with Crippen molar-refractivity contribution in [2.75, 3.05) is 7.11 Å². The molecular formula is C28H28N2O3. The molecule has 5 nitrogen and oxygen atoms in total. The standard InChI is InChI=1S/C28H28N2O3/c1-18-11-13-22(14-12-18)17-29-21(4)26(28(32)33-5)25(27(29)31)16-23-15-19(2)30(20(23)3)24-9-7-6-8-10-24/h6-16H,17H2,1-5H3/b25-16+. The van der Waals surface area contributed by atoms with E-state index in [2.05, 4.69) is 4.57 Å². The van der Waals surface area contributed by atoms with Gasteiger partial charge in [0, 0.05) is 22.8 Å². The second-order valence-electron chi connectivity index (χ2n) is 8.38. The fourth-order valence-corrected chi connectivity index (χ4v) is 4.36. The molecule has 0 radical (unpaired) electrons. The largest absolute Gasteiger partial charge is 0.465 e. The number of hydrogen-bond donors (Lipinski definition) is 0. The third kappa shape index (κ3) is 4.14. The van der Waals surface area contributed by atoms with Crippen molar-refractivity contribution in [3.05, 3.63) is 106 Å². The maximum Gasteiger partial charge on any atom is 0.340 e. The van der Waals surface area contributed by atoms with E-state index in [0.29, 0.717) is 23.4 Å². The van der Waals surface area contributed by atoms with Crippen LogP contribution in [0.2, 0.25) is 0 Å². The predicted octanol–water partition coefficient (Wildman–Crippen LogP) is 5.28. The van der Waals surface area contributed by atoms with Crippen LogP contribution in [0.1, 0.15) is 35.0 Å². The van der Waals surface area contributed by atoms with Gasteiger partial charge >= 0.3 is 5.97 Å². The molecule has 0 N–H and O–H groups in total. The molecule has 168 valence electrons. The first-order valence-electron chi connectivity index (χ1n) is 10.9. The van der Waals surface area contributed by atoms with Crippen LogP contribution in [0.4, 0.5) is 0 Å². The van der Waals surface area contributed by atoms with E-state index in [0.717, 1.165) is 33.8 Å². The Bertz CT molecular complexity index is 1280. The van der Waals surface area contributed by atoms with Crippen LogP contribution in [-0.4, -0.2) is 28.5 Å². The van der Waals surface area contributed by atoms with Crippen molar-refractivity contribution in [1.29, 1.82) is 0 Å². The van der Waals surface area contributed by atoms with E-state index in [1.807, 2.05) is 87.5 Å². The van der Waals surface area contributed by atoms with E-state index in [1.54, 1.807) is 11.8 Å². The lowest BCUT2D eigenvalue weighted by atomic mass is 10.0. The molecule has 0 spiro atoms. The number of methoxy groups -OCH3 is 1.